The second kappa shape index (κ2) is 8.16. The zero-order valence-corrected chi connectivity index (χ0v) is 17.7. The van der Waals surface area contributed by atoms with Crippen LogP contribution in [-0.4, -0.2) is 42.0 Å². The summed E-state index contributed by atoms with van der Waals surface area (Å²) in [5, 5.41) is 10.4. The van der Waals surface area contributed by atoms with Gasteiger partial charge in [-0.25, -0.2) is 13.0 Å². The molecule has 0 aliphatic carbocycles. The lowest BCUT2D eigenvalue weighted by Crippen LogP contribution is -2.43. The van der Waals surface area contributed by atoms with Crippen molar-refractivity contribution < 1.29 is 17.8 Å². The molecule has 3 aromatic rings. The highest BCUT2D eigenvalue weighted by atomic mass is 32.2. The van der Waals surface area contributed by atoms with Crippen LogP contribution in [0.15, 0.2) is 52.0 Å². The normalized spacial score (nSPS) is 18.0. The molecule has 2 aromatic carbocycles. The number of anilines is 1. The smallest absolute Gasteiger partial charge is 0.245 e. The molecule has 30 heavy (non-hydrogen) atoms. The highest BCUT2D eigenvalue weighted by Gasteiger charge is 2.34. The molecule has 1 atom stereocenters. The maximum atomic E-state index is 13.2. The van der Waals surface area contributed by atoms with Gasteiger partial charge in [0, 0.05) is 18.8 Å². The quantitative estimate of drug-likeness (QED) is 0.668. The standard InChI is InChI=1S/C21H24N4O4S/c1-14(2)15-8-10-17(11-9-15)22-21(26)16-5-4-12-25(13-16)30(27,28)19-7-3-6-18-20(19)24-29-23-18/h3,6-11,14,16H,4-5,12-13H2,1-2H3,(H,22,26)/t16-/m0/s1. The fourth-order valence-corrected chi connectivity index (χ4v) is 5.36. The first-order valence-corrected chi connectivity index (χ1v) is 11.4. The van der Waals surface area contributed by atoms with Crippen molar-refractivity contribution in [3.63, 3.8) is 0 Å². The summed E-state index contributed by atoms with van der Waals surface area (Å²) in [5.41, 5.74) is 2.49. The van der Waals surface area contributed by atoms with Crippen molar-refractivity contribution in [1.82, 2.24) is 14.6 Å². The van der Waals surface area contributed by atoms with E-state index in [2.05, 4.69) is 34.1 Å². The van der Waals surface area contributed by atoms with Crippen molar-refractivity contribution in [2.24, 2.45) is 5.92 Å². The summed E-state index contributed by atoms with van der Waals surface area (Å²) >= 11 is 0. The first kappa shape index (κ1) is 20.5. The Morgan fingerprint density at radius 1 is 1.17 bits per heavy atom. The van der Waals surface area contributed by atoms with Crippen molar-refractivity contribution in [3.05, 3.63) is 48.0 Å². The Balaban J connectivity index is 1.50. The summed E-state index contributed by atoms with van der Waals surface area (Å²) < 4.78 is 32.5. The van der Waals surface area contributed by atoms with Gasteiger partial charge in [-0.1, -0.05) is 32.0 Å². The number of carbonyl (C=O) groups is 1. The molecule has 1 saturated heterocycles. The summed E-state index contributed by atoms with van der Waals surface area (Å²) in [6.45, 7) is 4.71. The van der Waals surface area contributed by atoms with Gasteiger partial charge in [0.05, 0.1) is 5.92 Å². The summed E-state index contributed by atoms with van der Waals surface area (Å²) in [6, 6.07) is 12.5. The molecule has 1 amide bonds. The van der Waals surface area contributed by atoms with Crippen LogP contribution in [0.25, 0.3) is 11.0 Å². The SMILES string of the molecule is CC(C)c1ccc(NC(=O)[C@H]2CCCN(S(=O)(=O)c3cccc4nonc34)C2)cc1. The zero-order chi connectivity index (χ0) is 21.3. The fraction of sp³-hybridized carbons (Fsp3) is 0.381. The van der Waals surface area contributed by atoms with Gasteiger partial charge < -0.3 is 5.32 Å². The van der Waals surface area contributed by atoms with Crippen LogP contribution in [0.2, 0.25) is 0 Å². The van der Waals surface area contributed by atoms with E-state index >= 15 is 0 Å². The van der Waals surface area contributed by atoms with Crippen LogP contribution in [0.5, 0.6) is 0 Å². The lowest BCUT2D eigenvalue weighted by molar-refractivity contribution is -0.120. The second-order valence-electron chi connectivity index (χ2n) is 7.86. The van der Waals surface area contributed by atoms with Crippen LogP contribution < -0.4 is 5.32 Å². The first-order valence-electron chi connectivity index (χ1n) is 9.98. The molecule has 2 heterocycles. The highest BCUT2D eigenvalue weighted by molar-refractivity contribution is 7.89. The molecule has 4 rings (SSSR count). The Hall–Kier alpha value is -2.78. The minimum absolute atomic E-state index is 0.0478. The molecule has 0 unspecified atom stereocenters. The van der Waals surface area contributed by atoms with Crippen LogP contribution in [0, 0.1) is 5.92 Å². The summed E-state index contributed by atoms with van der Waals surface area (Å²) in [5.74, 6) is -0.183. The molecular weight excluding hydrogens is 404 g/mol. The molecule has 1 fully saturated rings. The topological polar surface area (TPSA) is 105 Å². The molecule has 0 radical (unpaired) electrons. The molecule has 158 valence electrons. The van der Waals surface area contributed by atoms with Crippen LogP contribution in [-0.2, 0) is 14.8 Å². The Kier molecular flexibility index (Phi) is 5.57. The Labute approximate surface area is 175 Å². The lowest BCUT2D eigenvalue weighted by Gasteiger charge is -2.31. The van der Waals surface area contributed by atoms with E-state index in [1.807, 2.05) is 24.3 Å². The Morgan fingerprint density at radius 2 is 1.93 bits per heavy atom. The van der Waals surface area contributed by atoms with E-state index in [1.165, 1.54) is 15.9 Å². The number of hydrogen-bond acceptors (Lipinski definition) is 6. The van der Waals surface area contributed by atoms with Crippen molar-refractivity contribution >= 4 is 32.7 Å². The van der Waals surface area contributed by atoms with Crippen molar-refractivity contribution in [1.29, 1.82) is 0 Å². The molecule has 9 heteroatoms. The largest absolute Gasteiger partial charge is 0.326 e. The lowest BCUT2D eigenvalue weighted by atomic mass is 9.98. The van der Waals surface area contributed by atoms with Gasteiger partial charge in [0.1, 0.15) is 10.4 Å². The van der Waals surface area contributed by atoms with E-state index in [1.54, 1.807) is 12.1 Å². The van der Waals surface area contributed by atoms with Crippen molar-refractivity contribution in [2.45, 2.75) is 37.5 Å². The number of sulfonamides is 1. The van der Waals surface area contributed by atoms with E-state index in [0.717, 1.165) is 0 Å². The third-order valence-corrected chi connectivity index (χ3v) is 7.36. The summed E-state index contributed by atoms with van der Waals surface area (Å²) in [6.07, 6.45) is 1.24. The van der Waals surface area contributed by atoms with Gasteiger partial charge in [0.25, 0.3) is 0 Å². The van der Waals surface area contributed by atoms with E-state index in [-0.39, 0.29) is 22.9 Å². The molecule has 0 bridgehead atoms. The second-order valence-corrected chi connectivity index (χ2v) is 9.76. The van der Waals surface area contributed by atoms with Crippen LogP contribution in [0.1, 0.15) is 38.2 Å². The van der Waals surface area contributed by atoms with Gasteiger partial charge in [0.15, 0.2) is 5.52 Å². The minimum atomic E-state index is -3.82. The third-order valence-electron chi connectivity index (χ3n) is 5.47. The molecule has 0 spiro atoms. The van der Waals surface area contributed by atoms with Crippen LogP contribution >= 0.6 is 0 Å². The van der Waals surface area contributed by atoms with Crippen molar-refractivity contribution in [2.75, 3.05) is 18.4 Å². The highest BCUT2D eigenvalue weighted by Crippen LogP contribution is 2.28. The number of carbonyl (C=O) groups excluding carboxylic acids is 1. The third kappa shape index (κ3) is 3.95. The number of hydrogen-bond donors (Lipinski definition) is 1. The number of rotatable bonds is 5. The fourth-order valence-electron chi connectivity index (χ4n) is 3.70. The predicted molar refractivity (Wildman–Crippen MR) is 112 cm³/mol. The molecule has 0 saturated carbocycles. The summed E-state index contributed by atoms with van der Waals surface area (Å²) in [4.78, 5) is 12.8. The van der Waals surface area contributed by atoms with Gasteiger partial charge in [-0.05, 0) is 58.9 Å². The molecule has 1 aliphatic rings. The maximum absolute atomic E-state index is 13.2. The number of aromatic nitrogens is 2. The number of amides is 1. The molecule has 8 nitrogen and oxygen atoms in total. The maximum Gasteiger partial charge on any atom is 0.245 e. The van der Waals surface area contributed by atoms with Crippen LogP contribution in [0.4, 0.5) is 5.69 Å². The number of piperidine rings is 1. The number of benzene rings is 2. The number of nitrogens with one attached hydrogen (secondary N) is 1. The monoisotopic (exact) mass is 428 g/mol. The number of nitrogens with zero attached hydrogens (tertiary/aromatic N) is 3. The average molecular weight is 429 g/mol. The zero-order valence-electron chi connectivity index (χ0n) is 16.9. The van der Waals surface area contributed by atoms with E-state index in [4.69, 9.17) is 0 Å². The molecular formula is C21H24N4O4S. The van der Waals surface area contributed by atoms with Crippen molar-refractivity contribution in [3.8, 4) is 0 Å². The predicted octanol–water partition coefficient (Wildman–Crippen LogP) is 3.39. The van der Waals surface area contributed by atoms with Gasteiger partial charge in [-0.2, -0.15) is 4.31 Å². The van der Waals surface area contributed by atoms with Crippen LogP contribution in [0.3, 0.4) is 0 Å². The van der Waals surface area contributed by atoms with Gasteiger partial charge in [-0.15, -0.1) is 0 Å². The Morgan fingerprint density at radius 3 is 2.67 bits per heavy atom. The molecule has 1 aromatic heterocycles. The number of fused-ring (bicyclic) bond motifs is 1. The average Bonchev–Trinajstić information content (AvgIpc) is 3.23. The molecule has 1 aliphatic heterocycles. The minimum Gasteiger partial charge on any atom is -0.326 e. The van der Waals surface area contributed by atoms with E-state index in [0.29, 0.717) is 36.5 Å². The van der Waals surface area contributed by atoms with Gasteiger partial charge in [-0.3, -0.25) is 4.79 Å². The van der Waals surface area contributed by atoms with E-state index in [9.17, 15) is 13.2 Å². The summed E-state index contributed by atoms with van der Waals surface area (Å²) in [7, 11) is -3.82. The Bertz CT molecular complexity index is 1160. The van der Waals surface area contributed by atoms with Gasteiger partial charge in [0.2, 0.25) is 15.9 Å². The van der Waals surface area contributed by atoms with Gasteiger partial charge >= 0.3 is 0 Å². The van der Waals surface area contributed by atoms with E-state index < -0.39 is 15.9 Å². The molecule has 1 N–H and O–H groups in total. The first-order chi connectivity index (χ1) is 14.4.